The molecule has 4 saturated carbocycles. The summed E-state index contributed by atoms with van der Waals surface area (Å²) in [7, 11) is 0. The van der Waals surface area contributed by atoms with Crippen LogP contribution >= 0.6 is 0 Å². The van der Waals surface area contributed by atoms with Gasteiger partial charge in [-0.25, -0.2) is 20.4 Å². The molecule has 0 saturated heterocycles. The van der Waals surface area contributed by atoms with E-state index in [0.29, 0.717) is 17.3 Å². The molecule has 160 valence electrons. The maximum Gasteiger partial charge on any atom is 0.332 e. The van der Waals surface area contributed by atoms with Crippen LogP contribution in [0.3, 0.4) is 0 Å². The first kappa shape index (κ1) is 20.2. The van der Waals surface area contributed by atoms with E-state index in [1.165, 1.54) is 19.3 Å². The van der Waals surface area contributed by atoms with Gasteiger partial charge in [-0.15, -0.1) is 0 Å². The van der Waals surface area contributed by atoms with Crippen LogP contribution in [0.15, 0.2) is 10.2 Å². The fourth-order valence-corrected chi connectivity index (χ4v) is 7.39. The molecule has 29 heavy (non-hydrogen) atoms. The maximum absolute atomic E-state index is 11.1. The number of rotatable bonds is 2. The van der Waals surface area contributed by atoms with Crippen molar-refractivity contribution in [1.29, 1.82) is 0 Å². The normalized spacial score (nSPS) is 43.9. The molecule has 0 heterocycles. The topological polar surface area (TPSA) is 135 Å². The third-order valence-corrected chi connectivity index (χ3v) is 8.87. The van der Waals surface area contributed by atoms with Crippen LogP contribution in [0.25, 0.3) is 0 Å². The van der Waals surface area contributed by atoms with E-state index in [1.54, 1.807) is 0 Å². The first-order valence-corrected chi connectivity index (χ1v) is 11.0. The van der Waals surface area contributed by atoms with Crippen molar-refractivity contribution in [3.63, 3.8) is 0 Å². The van der Waals surface area contributed by atoms with Gasteiger partial charge in [0.05, 0.1) is 0 Å². The third kappa shape index (κ3) is 3.40. The minimum absolute atomic E-state index is 0.0828. The molecule has 0 aliphatic heterocycles. The number of nitrogens with one attached hydrogen (secondary N) is 2. The lowest BCUT2D eigenvalue weighted by atomic mass is 9.45. The summed E-state index contributed by atoms with van der Waals surface area (Å²) in [6, 6.07) is -1.18. The molecule has 0 aromatic rings. The van der Waals surface area contributed by atoms with Crippen LogP contribution in [0.4, 0.5) is 9.59 Å². The van der Waals surface area contributed by atoms with Gasteiger partial charge in [-0.2, -0.15) is 10.2 Å². The van der Waals surface area contributed by atoms with Crippen molar-refractivity contribution in [3.05, 3.63) is 0 Å². The molecular formula is C21H34N6O2. The quantitative estimate of drug-likeness (QED) is 0.528. The van der Waals surface area contributed by atoms with Crippen LogP contribution < -0.4 is 22.3 Å². The summed E-state index contributed by atoms with van der Waals surface area (Å²) >= 11 is 0. The van der Waals surface area contributed by atoms with Gasteiger partial charge in [0.25, 0.3) is 0 Å². The fraction of sp³-hybridized carbons (Fsp3) is 0.810. The number of carbonyl (C=O) groups is 2. The SMILES string of the molecule is CC12CCC3C(CCC4CC(=NNC(N)=O)CCC43C)C1CCC2=NNC(N)=O. The van der Waals surface area contributed by atoms with Crippen LogP contribution in [0.5, 0.6) is 0 Å². The molecule has 6 N–H and O–H groups in total. The number of hydrogen-bond donors (Lipinski definition) is 4. The zero-order chi connectivity index (χ0) is 20.8. The molecule has 0 bridgehead atoms. The molecule has 6 atom stereocenters. The number of carbonyl (C=O) groups excluding carboxylic acids is 2. The Balaban J connectivity index is 1.51. The summed E-state index contributed by atoms with van der Waals surface area (Å²) in [5, 5.41) is 8.64. The lowest BCUT2D eigenvalue weighted by Crippen LogP contribution is -2.53. The summed E-state index contributed by atoms with van der Waals surface area (Å²) in [6.07, 6.45) is 9.96. The summed E-state index contributed by atoms with van der Waals surface area (Å²) in [4.78, 5) is 22.1. The Morgan fingerprint density at radius 3 is 2.38 bits per heavy atom. The van der Waals surface area contributed by atoms with Crippen LogP contribution in [-0.4, -0.2) is 23.5 Å². The van der Waals surface area contributed by atoms with E-state index in [2.05, 4.69) is 34.9 Å². The maximum atomic E-state index is 11.1. The molecule has 4 rings (SSSR count). The Morgan fingerprint density at radius 2 is 1.66 bits per heavy atom. The van der Waals surface area contributed by atoms with E-state index < -0.39 is 12.1 Å². The highest BCUT2D eigenvalue weighted by molar-refractivity contribution is 5.93. The van der Waals surface area contributed by atoms with Crippen molar-refractivity contribution < 1.29 is 9.59 Å². The van der Waals surface area contributed by atoms with Crippen molar-refractivity contribution in [2.75, 3.05) is 0 Å². The van der Waals surface area contributed by atoms with Crippen LogP contribution in [0, 0.1) is 34.5 Å². The monoisotopic (exact) mass is 402 g/mol. The molecule has 8 heteroatoms. The number of nitrogens with two attached hydrogens (primary N) is 2. The van der Waals surface area contributed by atoms with Gasteiger partial charge in [-0.3, -0.25) is 0 Å². The standard InChI is InChI=1S/C21H34N6O2/c1-20-9-7-13(24-26-18(22)28)11-12(20)3-4-14-15-5-6-17(25-27-19(23)29)21(15,2)10-8-16(14)20/h12,14-16H,3-11H2,1-2H3,(H3,22,26,28)(H3,23,27,29). The molecule has 0 spiro atoms. The smallest absolute Gasteiger partial charge is 0.332 e. The van der Waals surface area contributed by atoms with Gasteiger partial charge in [0.2, 0.25) is 0 Å². The summed E-state index contributed by atoms with van der Waals surface area (Å²) < 4.78 is 0. The fourth-order valence-electron chi connectivity index (χ4n) is 7.39. The highest BCUT2D eigenvalue weighted by atomic mass is 16.2. The van der Waals surface area contributed by atoms with E-state index in [0.717, 1.165) is 61.8 Å². The van der Waals surface area contributed by atoms with E-state index in [4.69, 9.17) is 11.5 Å². The highest BCUT2D eigenvalue weighted by Crippen LogP contribution is 2.65. The Hall–Kier alpha value is -2.12. The van der Waals surface area contributed by atoms with Crippen LogP contribution in [-0.2, 0) is 0 Å². The summed E-state index contributed by atoms with van der Waals surface area (Å²) in [5.74, 6) is 2.72. The largest absolute Gasteiger partial charge is 0.350 e. The van der Waals surface area contributed by atoms with Gasteiger partial charge in [0.15, 0.2) is 0 Å². The Morgan fingerprint density at radius 1 is 0.931 bits per heavy atom. The van der Waals surface area contributed by atoms with Crippen molar-refractivity contribution in [1.82, 2.24) is 10.9 Å². The predicted octanol–water partition coefficient (Wildman–Crippen LogP) is 3.08. The number of urea groups is 2. The van der Waals surface area contributed by atoms with E-state index >= 15 is 0 Å². The number of nitrogens with zero attached hydrogens (tertiary/aromatic N) is 2. The van der Waals surface area contributed by atoms with Gasteiger partial charge >= 0.3 is 12.1 Å². The molecule has 0 radical (unpaired) electrons. The van der Waals surface area contributed by atoms with E-state index in [-0.39, 0.29) is 5.41 Å². The van der Waals surface area contributed by atoms with E-state index in [9.17, 15) is 9.59 Å². The van der Waals surface area contributed by atoms with E-state index in [1.807, 2.05) is 0 Å². The molecule has 4 aliphatic carbocycles. The number of hydrazone groups is 2. The number of primary amides is 2. The molecule has 4 aliphatic rings. The average molecular weight is 403 g/mol. The third-order valence-electron chi connectivity index (χ3n) is 8.87. The van der Waals surface area contributed by atoms with Crippen LogP contribution in [0.1, 0.15) is 71.6 Å². The molecular weight excluding hydrogens is 368 g/mol. The van der Waals surface area contributed by atoms with Crippen molar-refractivity contribution in [3.8, 4) is 0 Å². The molecule has 6 unspecified atom stereocenters. The highest BCUT2D eigenvalue weighted by Gasteiger charge is 2.59. The van der Waals surface area contributed by atoms with Gasteiger partial charge in [0, 0.05) is 16.8 Å². The van der Waals surface area contributed by atoms with Gasteiger partial charge in [0.1, 0.15) is 0 Å². The minimum Gasteiger partial charge on any atom is -0.350 e. The Kier molecular flexibility index (Phi) is 5.07. The lowest BCUT2D eigenvalue weighted by Gasteiger charge is -2.59. The summed E-state index contributed by atoms with van der Waals surface area (Å²) in [6.45, 7) is 4.84. The Labute approximate surface area is 172 Å². The first-order valence-electron chi connectivity index (χ1n) is 11.0. The van der Waals surface area contributed by atoms with Gasteiger partial charge < -0.3 is 11.5 Å². The number of fused-ring (bicyclic) bond motifs is 5. The number of amides is 4. The van der Waals surface area contributed by atoms with Crippen molar-refractivity contribution in [2.24, 2.45) is 56.2 Å². The zero-order valence-electron chi connectivity index (χ0n) is 17.5. The average Bonchev–Trinajstić information content (AvgIpc) is 3.01. The molecule has 4 amide bonds. The second-order valence-corrected chi connectivity index (χ2v) is 10.0. The zero-order valence-corrected chi connectivity index (χ0v) is 17.5. The molecule has 0 aromatic carbocycles. The van der Waals surface area contributed by atoms with Crippen molar-refractivity contribution in [2.45, 2.75) is 71.6 Å². The second kappa shape index (κ2) is 7.29. The number of hydrogen-bond acceptors (Lipinski definition) is 4. The first-order chi connectivity index (χ1) is 13.7. The van der Waals surface area contributed by atoms with Gasteiger partial charge in [-0.1, -0.05) is 13.8 Å². The van der Waals surface area contributed by atoms with Gasteiger partial charge in [-0.05, 0) is 86.9 Å². The molecule has 0 aromatic heterocycles. The van der Waals surface area contributed by atoms with Crippen LogP contribution in [0.2, 0.25) is 0 Å². The van der Waals surface area contributed by atoms with Crippen molar-refractivity contribution >= 4 is 23.5 Å². The molecule has 4 fully saturated rings. The summed E-state index contributed by atoms with van der Waals surface area (Å²) in [5.41, 5.74) is 17.9. The predicted molar refractivity (Wildman–Crippen MR) is 112 cm³/mol. The second-order valence-electron chi connectivity index (χ2n) is 10.0. The Bertz CT molecular complexity index is 764. The minimum atomic E-state index is -0.592. The molecule has 8 nitrogen and oxygen atoms in total. The lowest BCUT2D eigenvalue weighted by molar-refractivity contribution is -0.0815.